The lowest BCUT2D eigenvalue weighted by atomic mass is 9.60. The lowest BCUT2D eigenvalue weighted by Crippen LogP contribution is -2.68. The van der Waals surface area contributed by atoms with Crippen molar-refractivity contribution in [1.29, 1.82) is 0 Å². The van der Waals surface area contributed by atoms with Gasteiger partial charge in [-0.25, -0.2) is 9.59 Å². The van der Waals surface area contributed by atoms with Gasteiger partial charge in [-0.15, -0.1) is 0 Å². The lowest BCUT2D eigenvalue weighted by molar-refractivity contribution is -0.143. The van der Waals surface area contributed by atoms with Gasteiger partial charge in [-0.05, 0) is 77.6 Å². The van der Waals surface area contributed by atoms with Crippen LogP contribution in [0.15, 0.2) is 36.9 Å². The van der Waals surface area contributed by atoms with Crippen molar-refractivity contribution < 1.29 is 23.9 Å². The van der Waals surface area contributed by atoms with Gasteiger partial charge in [0.05, 0.1) is 25.3 Å². The number of carbonyl (C=O) groups excluding carboxylic acids is 3. The second kappa shape index (κ2) is 15.8. The van der Waals surface area contributed by atoms with E-state index in [0.717, 1.165) is 32.2 Å². The largest absolute Gasteiger partial charge is 0.450 e. The van der Waals surface area contributed by atoms with Gasteiger partial charge >= 0.3 is 12.2 Å². The van der Waals surface area contributed by atoms with Crippen LogP contribution in [0.4, 0.5) is 9.59 Å². The van der Waals surface area contributed by atoms with E-state index in [-0.39, 0.29) is 25.0 Å². The van der Waals surface area contributed by atoms with Crippen LogP contribution in [0, 0.1) is 10.8 Å². The molecule has 6 fully saturated rings. The zero-order chi connectivity index (χ0) is 32.9. The van der Waals surface area contributed by atoms with Crippen LogP contribution in [0.25, 0.3) is 0 Å². The third-order valence-corrected chi connectivity index (χ3v) is 10.8. The molecule has 2 aromatic heterocycles. The van der Waals surface area contributed by atoms with E-state index >= 15 is 0 Å². The fourth-order valence-corrected chi connectivity index (χ4v) is 8.26. The third-order valence-electron chi connectivity index (χ3n) is 10.8. The Labute approximate surface area is 285 Å². The maximum atomic E-state index is 11.7. The normalized spacial score (nSPS) is 23.2. The van der Waals surface area contributed by atoms with Crippen LogP contribution in [-0.4, -0.2) is 124 Å². The van der Waals surface area contributed by atoms with Crippen LogP contribution in [0.1, 0.15) is 84.7 Å². The SMILES string of the molecule is C.CCOC(=O)N1CC2(CC(=O)C2)C1.CCOC(=O)N1CC2(CC(N3CCC(n4cccn4)CC3)C2)C1.c1cnn(C2CCNCC2)c1. The molecule has 13 heteroatoms. The Morgan fingerprint density at radius 2 is 1.25 bits per heavy atom. The Hall–Kier alpha value is -3.45. The van der Waals surface area contributed by atoms with Gasteiger partial charge < -0.3 is 29.5 Å². The molecule has 2 aromatic rings. The monoisotopic (exact) mass is 668 g/mol. The summed E-state index contributed by atoms with van der Waals surface area (Å²) in [6.45, 7) is 12.3. The summed E-state index contributed by atoms with van der Waals surface area (Å²) < 4.78 is 14.1. The smallest absolute Gasteiger partial charge is 0.409 e. The number of likely N-dealkylation sites (tertiary alicyclic amines) is 3. The van der Waals surface area contributed by atoms with E-state index in [0.29, 0.717) is 62.4 Å². The molecule has 6 aliphatic rings. The molecule has 1 N–H and O–H groups in total. The van der Waals surface area contributed by atoms with E-state index in [1.807, 2.05) is 36.4 Å². The predicted octanol–water partition coefficient (Wildman–Crippen LogP) is 4.39. The number of hydrogen-bond donors (Lipinski definition) is 1. The van der Waals surface area contributed by atoms with Gasteiger partial charge in [-0.1, -0.05) is 7.43 Å². The number of nitrogens with one attached hydrogen (secondary N) is 1. The Morgan fingerprint density at radius 1 is 0.771 bits per heavy atom. The van der Waals surface area contributed by atoms with Gasteiger partial charge in [0.25, 0.3) is 0 Å². The first-order valence-electron chi connectivity index (χ1n) is 17.6. The zero-order valence-electron chi connectivity index (χ0n) is 28.1. The second-order valence-corrected chi connectivity index (χ2v) is 14.3. The van der Waals surface area contributed by atoms with Crippen LogP contribution in [0.2, 0.25) is 0 Å². The number of hydrogen-bond acceptors (Lipinski definition) is 9. The fraction of sp³-hybridized carbons (Fsp3) is 0.743. The van der Waals surface area contributed by atoms with E-state index in [1.165, 1.54) is 51.6 Å². The standard InChI is InChI=1S/C17H26N4O2.C9H13NO3.C8H13N3.CH4/c1-2-23-16(22)20-12-17(13-20)10-15(11-17)19-8-4-14(5-9-19)21-7-3-6-18-21;1-2-13-8(12)10-5-9(6-10)3-7(11)4-9;1-4-10-11(7-1)8-2-5-9-6-3-8;/h3,6-7,14-15H,2,4-5,8-13H2,1H3;2-6H2,1H3;1,4,7-9H,2-3,5-6H2;1H4. The summed E-state index contributed by atoms with van der Waals surface area (Å²) in [4.78, 5) is 39.8. The van der Waals surface area contributed by atoms with E-state index in [4.69, 9.17) is 9.47 Å². The Morgan fingerprint density at radius 3 is 1.69 bits per heavy atom. The molecule has 266 valence electrons. The van der Waals surface area contributed by atoms with Crippen LogP contribution >= 0.6 is 0 Å². The first kappa shape index (κ1) is 35.8. The van der Waals surface area contributed by atoms with Crippen LogP contribution in [-0.2, 0) is 14.3 Å². The molecule has 0 aromatic carbocycles. The number of ketones is 1. The minimum Gasteiger partial charge on any atom is -0.450 e. The highest BCUT2D eigenvalue weighted by atomic mass is 16.6. The van der Waals surface area contributed by atoms with E-state index < -0.39 is 0 Å². The minimum absolute atomic E-state index is 0. The van der Waals surface area contributed by atoms with E-state index in [1.54, 1.807) is 11.8 Å². The maximum Gasteiger partial charge on any atom is 0.409 e. The lowest BCUT2D eigenvalue weighted by Gasteiger charge is -2.61. The average molecular weight is 669 g/mol. The number of ether oxygens (including phenoxy) is 2. The van der Waals surface area contributed by atoms with Crippen molar-refractivity contribution in [3.8, 4) is 0 Å². The van der Waals surface area contributed by atoms with Crippen molar-refractivity contribution in [2.24, 2.45) is 10.8 Å². The molecule has 2 saturated carbocycles. The van der Waals surface area contributed by atoms with E-state index in [2.05, 4.69) is 42.2 Å². The molecule has 0 radical (unpaired) electrons. The molecule has 2 aliphatic carbocycles. The number of rotatable bonds is 5. The summed E-state index contributed by atoms with van der Waals surface area (Å²) in [7, 11) is 0. The van der Waals surface area contributed by atoms with Gasteiger partial charge in [-0.2, -0.15) is 10.2 Å². The summed E-state index contributed by atoms with van der Waals surface area (Å²) in [6.07, 6.45) is 16.1. The highest BCUT2D eigenvalue weighted by Gasteiger charge is 2.56. The molecule has 0 bridgehead atoms. The Balaban J connectivity index is 0.000000153. The fourth-order valence-electron chi connectivity index (χ4n) is 8.26. The van der Waals surface area contributed by atoms with Crippen LogP contribution < -0.4 is 5.32 Å². The molecule has 0 atom stereocenters. The van der Waals surface area contributed by atoms with Crippen LogP contribution in [0.3, 0.4) is 0 Å². The summed E-state index contributed by atoms with van der Waals surface area (Å²) >= 11 is 0. The number of carbonyl (C=O) groups is 3. The molecule has 8 rings (SSSR count). The minimum atomic E-state index is -0.243. The summed E-state index contributed by atoms with van der Waals surface area (Å²) in [5.41, 5.74) is 0.542. The molecule has 2 spiro atoms. The third kappa shape index (κ3) is 8.22. The molecule has 2 amide bonds. The molecule has 48 heavy (non-hydrogen) atoms. The zero-order valence-corrected chi connectivity index (χ0v) is 28.1. The first-order valence-corrected chi connectivity index (χ1v) is 17.6. The molecular formula is C35H56N8O5. The maximum absolute atomic E-state index is 11.7. The molecule has 4 aliphatic heterocycles. The van der Waals surface area contributed by atoms with E-state index in [9.17, 15) is 14.4 Å². The second-order valence-electron chi connectivity index (χ2n) is 14.3. The summed E-state index contributed by atoms with van der Waals surface area (Å²) in [5.74, 6) is 0.323. The molecular weight excluding hydrogens is 612 g/mol. The van der Waals surface area contributed by atoms with Gasteiger partial charge in [-0.3, -0.25) is 14.2 Å². The van der Waals surface area contributed by atoms with Crippen LogP contribution in [0.5, 0.6) is 0 Å². The summed E-state index contributed by atoms with van der Waals surface area (Å²) in [5, 5.41) is 11.9. The number of amides is 2. The Kier molecular flexibility index (Phi) is 11.8. The number of piperidine rings is 2. The van der Waals surface area contributed by atoms with Crippen molar-refractivity contribution in [2.75, 3.05) is 65.6 Å². The molecule has 4 saturated heterocycles. The highest BCUT2D eigenvalue weighted by Crippen LogP contribution is 2.51. The van der Waals surface area contributed by atoms with Crippen molar-refractivity contribution >= 4 is 18.0 Å². The van der Waals surface area contributed by atoms with Gasteiger partial charge in [0.2, 0.25) is 0 Å². The average Bonchev–Trinajstić information content (AvgIpc) is 3.74. The van der Waals surface area contributed by atoms with Crippen molar-refractivity contribution in [2.45, 2.75) is 90.8 Å². The van der Waals surface area contributed by atoms with Gasteiger partial charge in [0.1, 0.15) is 5.78 Å². The van der Waals surface area contributed by atoms with Crippen molar-refractivity contribution in [3.05, 3.63) is 36.9 Å². The molecule has 6 heterocycles. The van der Waals surface area contributed by atoms with Gasteiger partial charge in [0, 0.05) is 93.8 Å². The Bertz CT molecular complexity index is 1290. The molecule has 0 unspecified atom stereocenters. The number of Topliss-reactive ketones (excluding diaryl/α,β-unsaturated/α-hetero) is 1. The topological polar surface area (TPSA) is 127 Å². The number of aromatic nitrogens is 4. The van der Waals surface area contributed by atoms with Gasteiger partial charge in [0.15, 0.2) is 0 Å². The van der Waals surface area contributed by atoms with Crippen molar-refractivity contribution in [1.82, 2.24) is 39.6 Å². The summed E-state index contributed by atoms with van der Waals surface area (Å²) in [6, 6.07) is 5.91. The first-order chi connectivity index (χ1) is 22.8. The van der Waals surface area contributed by atoms with Crippen molar-refractivity contribution in [3.63, 3.8) is 0 Å². The quantitative estimate of drug-likeness (QED) is 0.494. The molecule has 13 nitrogen and oxygen atoms in total. The number of nitrogens with zero attached hydrogens (tertiary/aromatic N) is 7. The highest BCUT2D eigenvalue weighted by molar-refractivity contribution is 5.87. The predicted molar refractivity (Wildman–Crippen MR) is 181 cm³/mol.